The number of hydrogen-bond acceptors (Lipinski definition) is 4. The summed E-state index contributed by atoms with van der Waals surface area (Å²) in [5.74, 6) is 1.38. The zero-order chi connectivity index (χ0) is 15.7. The molecule has 3 rings (SSSR count). The summed E-state index contributed by atoms with van der Waals surface area (Å²) in [7, 11) is 0. The Balaban J connectivity index is 1.65. The average Bonchev–Trinajstić information content (AvgIpc) is 3.16. The van der Waals surface area contributed by atoms with E-state index < -0.39 is 0 Å². The van der Waals surface area contributed by atoms with Crippen molar-refractivity contribution in [3.05, 3.63) is 35.9 Å². The normalized spacial score (nSPS) is 17.7. The molecule has 1 aliphatic rings. The Morgan fingerprint density at radius 1 is 1.36 bits per heavy atom. The zero-order valence-electron chi connectivity index (χ0n) is 12.6. The second-order valence-electron chi connectivity index (χ2n) is 5.47. The van der Waals surface area contributed by atoms with Gasteiger partial charge in [-0.15, -0.1) is 0 Å². The monoisotopic (exact) mass is 302 g/mol. The number of aryl methyl sites for hydroxylation is 1. The predicted molar refractivity (Wildman–Crippen MR) is 79.5 cm³/mol. The number of carbonyl (C=O) groups is 2. The molecule has 0 radical (unpaired) electrons. The Morgan fingerprint density at radius 2 is 2.18 bits per heavy atom. The standard InChI is InChI=1S/C15H18N4O3/c1-10-3-4-13(22-10)15(21)18-7-5-12(9-18)19-8-6-14(17-19)16-11(2)20/h3-4,6,8,12H,5,7,9H2,1-2H3,(H,16,17,20)/t12-/m1/s1. The van der Waals surface area contributed by atoms with E-state index >= 15 is 0 Å². The first kappa shape index (κ1) is 14.4. The van der Waals surface area contributed by atoms with Gasteiger partial charge < -0.3 is 14.6 Å². The van der Waals surface area contributed by atoms with E-state index in [4.69, 9.17) is 4.42 Å². The number of rotatable bonds is 3. The number of amides is 2. The molecule has 1 aliphatic heterocycles. The van der Waals surface area contributed by atoms with Crippen LogP contribution in [0.1, 0.15) is 35.7 Å². The van der Waals surface area contributed by atoms with Crippen LogP contribution in [0, 0.1) is 6.92 Å². The molecular formula is C15H18N4O3. The quantitative estimate of drug-likeness (QED) is 0.938. The van der Waals surface area contributed by atoms with E-state index in [0.717, 1.165) is 12.2 Å². The van der Waals surface area contributed by atoms with Crippen molar-refractivity contribution in [3.63, 3.8) is 0 Å². The van der Waals surface area contributed by atoms with Crippen LogP contribution in [0.5, 0.6) is 0 Å². The third-order valence-corrected chi connectivity index (χ3v) is 3.69. The smallest absolute Gasteiger partial charge is 0.289 e. The summed E-state index contributed by atoms with van der Waals surface area (Å²) in [6.45, 7) is 4.51. The molecule has 7 nitrogen and oxygen atoms in total. The largest absolute Gasteiger partial charge is 0.456 e. The third-order valence-electron chi connectivity index (χ3n) is 3.69. The topological polar surface area (TPSA) is 80.4 Å². The maximum Gasteiger partial charge on any atom is 0.289 e. The van der Waals surface area contributed by atoms with E-state index in [1.165, 1.54) is 6.92 Å². The van der Waals surface area contributed by atoms with Gasteiger partial charge in [0.2, 0.25) is 5.91 Å². The van der Waals surface area contributed by atoms with Gasteiger partial charge in [-0.1, -0.05) is 0 Å². The van der Waals surface area contributed by atoms with E-state index in [9.17, 15) is 9.59 Å². The van der Waals surface area contributed by atoms with Gasteiger partial charge in [0.25, 0.3) is 5.91 Å². The van der Waals surface area contributed by atoms with Crippen molar-refractivity contribution >= 4 is 17.6 Å². The van der Waals surface area contributed by atoms with Crippen LogP contribution in [0.15, 0.2) is 28.8 Å². The van der Waals surface area contributed by atoms with Crippen molar-refractivity contribution in [1.29, 1.82) is 0 Å². The highest BCUT2D eigenvalue weighted by Crippen LogP contribution is 2.24. The Kier molecular flexibility index (Phi) is 3.70. The summed E-state index contributed by atoms with van der Waals surface area (Å²) in [6, 6.07) is 5.35. The fraction of sp³-hybridized carbons (Fsp3) is 0.400. The van der Waals surface area contributed by atoms with Gasteiger partial charge in [-0.25, -0.2) is 0 Å². The Morgan fingerprint density at radius 3 is 2.86 bits per heavy atom. The molecule has 0 saturated carbocycles. The van der Waals surface area contributed by atoms with E-state index in [1.54, 1.807) is 27.8 Å². The molecule has 2 aromatic heterocycles. The van der Waals surface area contributed by atoms with Crippen LogP contribution >= 0.6 is 0 Å². The van der Waals surface area contributed by atoms with Crippen LogP contribution in [-0.2, 0) is 4.79 Å². The van der Waals surface area contributed by atoms with Gasteiger partial charge >= 0.3 is 0 Å². The molecule has 0 spiro atoms. The van der Waals surface area contributed by atoms with Gasteiger partial charge in [0.05, 0.1) is 6.04 Å². The summed E-state index contributed by atoms with van der Waals surface area (Å²) in [5.41, 5.74) is 0. The molecular weight excluding hydrogens is 284 g/mol. The third kappa shape index (κ3) is 2.88. The minimum atomic E-state index is -0.151. The summed E-state index contributed by atoms with van der Waals surface area (Å²) in [4.78, 5) is 25.1. The maximum atomic E-state index is 12.3. The van der Waals surface area contributed by atoms with Crippen LogP contribution in [0.4, 0.5) is 5.82 Å². The molecule has 0 unspecified atom stereocenters. The van der Waals surface area contributed by atoms with Crippen LogP contribution in [0.25, 0.3) is 0 Å². The average molecular weight is 302 g/mol. The molecule has 7 heteroatoms. The number of likely N-dealkylation sites (tertiary alicyclic amines) is 1. The first-order chi connectivity index (χ1) is 10.5. The van der Waals surface area contributed by atoms with Crippen molar-refractivity contribution in [2.24, 2.45) is 0 Å². The van der Waals surface area contributed by atoms with Gasteiger partial charge in [0, 0.05) is 32.3 Å². The fourth-order valence-electron chi connectivity index (χ4n) is 2.64. The maximum absolute atomic E-state index is 12.3. The van der Waals surface area contributed by atoms with Gasteiger partial charge in [0.15, 0.2) is 11.6 Å². The van der Waals surface area contributed by atoms with E-state index in [0.29, 0.717) is 24.7 Å². The first-order valence-corrected chi connectivity index (χ1v) is 7.21. The fourth-order valence-corrected chi connectivity index (χ4v) is 2.64. The van der Waals surface area contributed by atoms with Crippen molar-refractivity contribution in [1.82, 2.24) is 14.7 Å². The molecule has 0 bridgehead atoms. The molecule has 1 N–H and O–H groups in total. The molecule has 0 aliphatic carbocycles. The highest BCUT2D eigenvalue weighted by molar-refractivity contribution is 5.91. The molecule has 1 atom stereocenters. The minimum absolute atomic E-state index is 0.0927. The molecule has 1 saturated heterocycles. The number of furan rings is 1. The molecule has 3 heterocycles. The van der Waals surface area contributed by atoms with E-state index in [1.807, 2.05) is 13.1 Å². The lowest BCUT2D eigenvalue weighted by atomic mass is 10.3. The van der Waals surface area contributed by atoms with E-state index in [2.05, 4.69) is 10.4 Å². The van der Waals surface area contributed by atoms with Crippen molar-refractivity contribution in [2.75, 3.05) is 18.4 Å². The zero-order valence-corrected chi connectivity index (χ0v) is 12.6. The summed E-state index contributed by atoms with van der Waals surface area (Å²) in [6.07, 6.45) is 2.65. The van der Waals surface area contributed by atoms with Crippen molar-refractivity contribution < 1.29 is 14.0 Å². The molecule has 2 amide bonds. The number of nitrogens with one attached hydrogen (secondary N) is 1. The Hall–Kier alpha value is -2.57. The Bertz CT molecular complexity index is 703. The first-order valence-electron chi connectivity index (χ1n) is 7.21. The highest BCUT2D eigenvalue weighted by atomic mass is 16.3. The number of carbonyl (C=O) groups excluding carboxylic acids is 2. The summed E-state index contributed by atoms with van der Waals surface area (Å²) in [5, 5.41) is 6.97. The van der Waals surface area contributed by atoms with Crippen LogP contribution < -0.4 is 5.32 Å². The lowest BCUT2D eigenvalue weighted by Gasteiger charge is -2.15. The van der Waals surface area contributed by atoms with Gasteiger partial charge in [-0.2, -0.15) is 5.10 Å². The van der Waals surface area contributed by atoms with Gasteiger partial charge in [-0.05, 0) is 25.5 Å². The number of aromatic nitrogens is 2. The van der Waals surface area contributed by atoms with Crippen LogP contribution in [0.3, 0.4) is 0 Å². The summed E-state index contributed by atoms with van der Waals surface area (Å²) >= 11 is 0. The Labute approximate surface area is 127 Å². The molecule has 22 heavy (non-hydrogen) atoms. The van der Waals surface area contributed by atoms with Crippen molar-refractivity contribution in [3.8, 4) is 0 Å². The number of nitrogens with zero attached hydrogens (tertiary/aromatic N) is 3. The lowest BCUT2D eigenvalue weighted by Crippen LogP contribution is -2.28. The molecule has 2 aromatic rings. The van der Waals surface area contributed by atoms with Crippen LogP contribution in [0.2, 0.25) is 0 Å². The minimum Gasteiger partial charge on any atom is -0.456 e. The molecule has 116 valence electrons. The van der Waals surface area contributed by atoms with E-state index in [-0.39, 0.29) is 17.9 Å². The number of anilines is 1. The molecule has 0 aromatic carbocycles. The molecule has 1 fully saturated rings. The van der Waals surface area contributed by atoms with Gasteiger partial charge in [-0.3, -0.25) is 14.3 Å². The van der Waals surface area contributed by atoms with Crippen molar-refractivity contribution in [2.45, 2.75) is 26.3 Å². The van der Waals surface area contributed by atoms with Crippen LogP contribution in [-0.4, -0.2) is 39.6 Å². The number of hydrogen-bond donors (Lipinski definition) is 1. The second kappa shape index (κ2) is 5.67. The highest BCUT2D eigenvalue weighted by Gasteiger charge is 2.29. The van der Waals surface area contributed by atoms with Gasteiger partial charge in [0.1, 0.15) is 5.76 Å². The summed E-state index contributed by atoms with van der Waals surface area (Å²) < 4.78 is 7.18. The predicted octanol–water partition coefficient (Wildman–Crippen LogP) is 1.83. The SMILES string of the molecule is CC(=O)Nc1ccn([C@@H]2CCN(C(=O)c3ccc(C)o3)C2)n1. The lowest BCUT2D eigenvalue weighted by molar-refractivity contribution is -0.114. The second-order valence-corrected chi connectivity index (χ2v) is 5.47.